The first kappa shape index (κ1) is 16.9. The van der Waals surface area contributed by atoms with E-state index in [9.17, 15) is 13.6 Å². The number of aryl methyl sites for hydroxylation is 1. The first-order valence-electron chi connectivity index (χ1n) is 7.74. The predicted octanol–water partition coefficient (Wildman–Crippen LogP) is 1.29. The number of carbonyl (C=O) groups is 1. The fourth-order valence-electron chi connectivity index (χ4n) is 2.40. The summed E-state index contributed by atoms with van der Waals surface area (Å²) in [5.41, 5.74) is 2.06. The van der Waals surface area contributed by atoms with Gasteiger partial charge in [0.05, 0.1) is 17.5 Å². The topological polar surface area (TPSA) is 94.8 Å². The van der Waals surface area contributed by atoms with Gasteiger partial charge in [-0.2, -0.15) is 5.10 Å². The molecule has 9 heteroatoms. The summed E-state index contributed by atoms with van der Waals surface area (Å²) in [4.78, 5) is 12.4. The summed E-state index contributed by atoms with van der Waals surface area (Å²) < 4.78 is 27.8. The summed E-state index contributed by atoms with van der Waals surface area (Å²) >= 11 is 0. The molecule has 1 fully saturated rings. The molecule has 3 rings (SSSR count). The highest BCUT2D eigenvalue weighted by atomic mass is 19.3. The quantitative estimate of drug-likeness (QED) is 0.476. The van der Waals surface area contributed by atoms with Crippen molar-refractivity contribution in [3.8, 4) is 0 Å². The van der Waals surface area contributed by atoms with E-state index in [4.69, 9.17) is 5.41 Å². The molecule has 1 aromatic heterocycles. The van der Waals surface area contributed by atoms with Gasteiger partial charge in [-0.1, -0.05) is 0 Å². The zero-order chi connectivity index (χ0) is 18.0. The molecule has 0 unspecified atom stereocenters. The standard InChI is InChI=1S/C16H18F2N6O/c1-24-8-9(7-21-24)6-20-16(25)11(5-19)15-22-12(10-2-3-10)4-13(23-15)14(17)18/h4-5,7-8,14,19,22-23H,2-3,6H2,1H3,(H,20,25)/b15-11+,19-5?. The largest absolute Gasteiger partial charge is 0.348 e. The van der Waals surface area contributed by atoms with Crippen molar-refractivity contribution in [1.82, 2.24) is 25.7 Å². The molecule has 7 nitrogen and oxygen atoms in total. The molecular formula is C16H18F2N6O. The van der Waals surface area contributed by atoms with Crippen molar-refractivity contribution in [3.63, 3.8) is 0 Å². The van der Waals surface area contributed by atoms with Gasteiger partial charge in [-0.3, -0.25) is 9.48 Å². The van der Waals surface area contributed by atoms with Crippen LogP contribution in [-0.2, 0) is 18.4 Å². The van der Waals surface area contributed by atoms with E-state index in [1.165, 1.54) is 6.08 Å². The summed E-state index contributed by atoms with van der Waals surface area (Å²) in [5, 5.41) is 19.6. The number of aromatic nitrogens is 2. The Labute approximate surface area is 143 Å². The smallest absolute Gasteiger partial charge is 0.278 e. The number of carbonyl (C=O) groups excluding carboxylic acids is 1. The lowest BCUT2D eigenvalue weighted by Gasteiger charge is -2.24. The Morgan fingerprint density at radius 1 is 1.48 bits per heavy atom. The number of hydrogen-bond donors (Lipinski definition) is 4. The van der Waals surface area contributed by atoms with Crippen molar-refractivity contribution in [3.05, 3.63) is 52.4 Å². The van der Waals surface area contributed by atoms with Crippen LogP contribution in [0.5, 0.6) is 0 Å². The molecule has 1 amide bonds. The van der Waals surface area contributed by atoms with Crippen LogP contribution in [0, 0.1) is 5.41 Å². The van der Waals surface area contributed by atoms with Crippen molar-refractivity contribution >= 4 is 12.1 Å². The number of allylic oxidation sites excluding steroid dienone is 3. The van der Waals surface area contributed by atoms with Crippen LogP contribution in [0.25, 0.3) is 0 Å². The van der Waals surface area contributed by atoms with Crippen molar-refractivity contribution in [2.45, 2.75) is 25.8 Å². The number of alkyl halides is 2. The zero-order valence-electron chi connectivity index (χ0n) is 13.6. The molecule has 0 aromatic carbocycles. The summed E-state index contributed by atoms with van der Waals surface area (Å²) in [6.45, 7) is 0.225. The van der Waals surface area contributed by atoms with Gasteiger partial charge >= 0.3 is 0 Å². The molecule has 1 saturated carbocycles. The maximum absolute atomic E-state index is 13.1. The van der Waals surface area contributed by atoms with E-state index in [0.717, 1.165) is 30.2 Å². The third-order valence-electron chi connectivity index (χ3n) is 3.81. The van der Waals surface area contributed by atoms with E-state index >= 15 is 0 Å². The fraction of sp³-hybridized carbons (Fsp3) is 0.312. The van der Waals surface area contributed by atoms with Crippen LogP contribution in [0.1, 0.15) is 18.4 Å². The Hall–Kier alpha value is -2.97. The van der Waals surface area contributed by atoms with Crippen LogP contribution in [-0.4, -0.2) is 28.3 Å². The van der Waals surface area contributed by atoms with Gasteiger partial charge in [0.1, 0.15) is 5.82 Å². The highest BCUT2D eigenvalue weighted by Gasteiger charge is 2.26. The van der Waals surface area contributed by atoms with Crippen LogP contribution >= 0.6 is 0 Å². The van der Waals surface area contributed by atoms with Crippen molar-refractivity contribution < 1.29 is 13.6 Å². The molecule has 0 saturated heterocycles. The van der Waals surface area contributed by atoms with Crippen LogP contribution < -0.4 is 16.0 Å². The molecular weight excluding hydrogens is 330 g/mol. The van der Waals surface area contributed by atoms with Gasteiger partial charge < -0.3 is 21.4 Å². The maximum atomic E-state index is 13.1. The second-order valence-electron chi connectivity index (χ2n) is 5.81. The summed E-state index contributed by atoms with van der Waals surface area (Å²) in [6, 6.07) is 0. The fourth-order valence-corrected chi connectivity index (χ4v) is 2.40. The average Bonchev–Trinajstić information content (AvgIpc) is 3.36. The molecule has 0 bridgehead atoms. The predicted molar refractivity (Wildman–Crippen MR) is 87.5 cm³/mol. The minimum atomic E-state index is -2.70. The molecule has 1 aromatic rings. The summed E-state index contributed by atoms with van der Waals surface area (Å²) in [6.07, 6.45) is 4.55. The van der Waals surface area contributed by atoms with Crippen LogP contribution in [0.15, 0.2) is 46.8 Å². The lowest BCUT2D eigenvalue weighted by molar-refractivity contribution is -0.117. The number of nitrogens with zero attached hydrogens (tertiary/aromatic N) is 2. The number of amides is 1. The first-order valence-corrected chi connectivity index (χ1v) is 7.74. The normalized spacial score (nSPS) is 18.3. The van der Waals surface area contributed by atoms with E-state index in [-0.39, 0.29) is 23.6 Å². The second kappa shape index (κ2) is 6.88. The molecule has 25 heavy (non-hydrogen) atoms. The number of rotatable bonds is 5. The maximum Gasteiger partial charge on any atom is 0.278 e. The van der Waals surface area contributed by atoms with E-state index in [1.807, 2.05) is 0 Å². The van der Waals surface area contributed by atoms with Gasteiger partial charge in [-0.25, -0.2) is 8.78 Å². The van der Waals surface area contributed by atoms with Crippen molar-refractivity contribution in [1.29, 1.82) is 5.41 Å². The molecule has 1 aliphatic heterocycles. The minimum Gasteiger partial charge on any atom is -0.348 e. The Morgan fingerprint density at radius 2 is 2.24 bits per heavy atom. The van der Waals surface area contributed by atoms with Crippen LogP contribution in [0.2, 0.25) is 0 Å². The molecule has 2 heterocycles. The van der Waals surface area contributed by atoms with E-state index in [2.05, 4.69) is 21.0 Å². The monoisotopic (exact) mass is 348 g/mol. The van der Waals surface area contributed by atoms with E-state index in [0.29, 0.717) is 5.70 Å². The van der Waals surface area contributed by atoms with Gasteiger partial charge in [-0.15, -0.1) is 0 Å². The van der Waals surface area contributed by atoms with Gasteiger partial charge in [-0.05, 0) is 24.5 Å². The summed E-state index contributed by atoms with van der Waals surface area (Å²) in [7, 11) is 1.76. The van der Waals surface area contributed by atoms with Gasteiger partial charge in [0, 0.05) is 37.3 Å². The highest BCUT2D eigenvalue weighted by molar-refractivity contribution is 6.12. The number of halogens is 2. The summed E-state index contributed by atoms with van der Waals surface area (Å²) in [5.74, 6) is -0.449. The molecule has 0 spiro atoms. The number of hydrogen-bond acceptors (Lipinski definition) is 5. The molecule has 2 aliphatic rings. The van der Waals surface area contributed by atoms with Crippen molar-refractivity contribution in [2.75, 3.05) is 0 Å². The third-order valence-corrected chi connectivity index (χ3v) is 3.81. The minimum absolute atomic E-state index is 0.0473. The van der Waals surface area contributed by atoms with Crippen LogP contribution in [0.4, 0.5) is 8.78 Å². The molecule has 1 aliphatic carbocycles. The Morgan fingerprint density at radius 3 is 2.80 bits per heavy atom. The Kier molecular flexibility index (Phi) is 4.64. The molecule has 4 N–H and O–H groups in total. The van der Waals surface area contributed by atoms with E-state index in [1.54, 1.807) is 24.1 Å². The first-order chi connectivity index (χ1) is 12.0. The Bertz CT molecular complexity index is 799. The third kappa shape index (κ3) is 3.93. The van der Waals surface area contributed by atoms with Gasteiger partial charge in [0.25, 0.3) is 12.3 Å². The lowest BCUT2D eigenvalue weighted by atomic mass is 10.2. The highest BCUT2D eigenvalue weighted by Crippen LogP contribution is 2.33. The van der Waals surface area contributed by atoms with Gasteiger partial charge in [0.15, 0.2) is 0 Å². The molecule has 0 atom stereocenters. The SMILES string of the molecule is Cn1cc(CNC(=O)/C(C=N)=C2/NC(C(F)F)=CC(=C3CC3)N2)cn1. The van der Waals surface area contributed by atoms with Crippen molar-refractivity contribution in [2.24, 2.45) is 7.05 Å². The zero-order valence-corrected chi connectivity index (χ0v) is 13.6. The number of nitrogens with one attached hydrogen (secondary N) is 4. The molecule has 132 valence electrons. The molecule has 0 radical (unpaired) electrons. The average molecular weight is 348 g/mol. The lowest BCUT2D eigenvalue weighted by Crippen LogP contribution is -2.38. The van der Waals surface area contributed by atoms with E-state index < -0.39 is 12.3 Å². The van der Waals surface area contributed by atoms with Gasteiger partial charge in [0.2, 0.25) is 0 Å². The second-order valence-corrected chi connectivity index (χ2v) is 5.81. The van der Waals surface area contributed by atoms with Crippen LogP contribution in [0.3, 0.4) is 0 Å². The Balaban J connectivity index is 1.80.